The summed E-state index contributed by atoms with van der Waals surface area (Å²) in [5.74, 6) is 0. The Bertz CT molecular complexity index is 915. The van der Waals surface area contributed by atoms with Crippen LogP contribution in [-0.4, -0.2) is 49.3 Å². The van der Waals surface area contributed by atoms with Crippen molar-refractivity contribution in [3.8, 4) is 0 Å². The number of rotatable bonds is 4. The maximum absolute atomic E-state index is 13.6. The van der Waals surface area contributed by atoms with Gasteiger partial charge < -0.3 is 9.47 Å². The Morgan fingerprint density at radius 3 is 2.50 bits per heavy atom. The highest BCUT2D eigenvalue weighted by atomic mass is 32.2. The van der Waals surface area contributed by atoms with Gasteiger partial charge in [-0.1, -0.05) is 18.2 Å². The first-order chi connectivity index (χ1) is 12.5. The Morgan fingerprint density at radius 1 is 1.08 bits per heavy atom. The molecule has 4 unspecified atom stereocenters. The smallest absolute Gasteiger partial charge is 0.185 e. The van der Waals surface area contributed by atoms with E-state index in [1.54, 1.807) is 18.0 Å². The Labute approximate surface area is 158 Å². The average molecular weight is 394 g/mol. The van der Waals surface area contributed by atoms with Crippen LogP contribution in [0.1, 0.15) is 26.7 Å². The highest BCUT2D eigenvalue weighted by Crippen LogP contribution is 2.41. The van der Waals surface area contributed by atoms with Gasteiger partial charge in [0, 0.05) is 34.9 Å². The molecule has 0 radical (unpaired) electrons. The van der Waals surface area contributed by atoms with Gasteiger partial charge in [-0.15, -0.1) is 11.8 Å². The first kappa shape index (κ1) is 18.2. The number of pyridine rings is 1. The molecule has 4 rings (SSSR count). The minimum absolute atomic E-state index is 0.107. The summed E-state index contributed by atoms with van der Waals surface area (Å²) in [5, 5.41) is 0.428. The van der Waals surface area contributed by atoms with Crippen molar-refractivity contribution in [3.05, 3.63) is 30.5 Å². The minimum atomic E-state index is -3.53. The molecule has 2 aromatic rings. The van der Waals surface area contributed by atoms with Gasteiger partial charge in [0.25, 0.3) is 0 Å². The second-order valence-corrected chi connectivity index (χ2v) is 10.3. The summed E-state index contributed by atoms with van der Waals surface area (Å²) in [6.45, 7) is 5.10. The molecule has 3 heterocycles. The molecule has 7 heteroatoms. The van der Waals surface area contributed by atoms with Crippen LogP contribution in [0.5, 0.6) is 0 Å². The van der Waals surface area contributed by atoms with Gasteiger partial charge in [0.2, 0.25) is 0 Å². The molecule has 26 heavy (non-hydrogen) atoms. The third-order valence-corrected chi connectivity index (χ3v) is 9.31. The number of para-hydroxylation sites is 1. The maximum Gasteiger partial charge on any atom is 0.185 e. The van der Waals surface area contributed by atoms with Crippen LogP contribution in [0.3, 0.4) is 0 Å². The van der Waals surface area contributed by atoms with Crippen LogP contribution < -0.4 is 0 Å². The molecule has 4 atom stereocenters. The van der Waals surface area contributed by atoms with Crippen LogP contribution in [0.25, 0.3) is 10.9 Å². The second kappa shape index (κ2) is 7.11. The van der Waals surface area contributed by atoms with E-state index in [2.05, 4.69) is 4.98 Å². The molecule has 5 nitrogen and oxygen atoms in total. The van der Waals surface area contributed by atoms with Gasteiger partial charge in [-0.3, -0.25) is 4.98 Å². The zero-order chi connectivity index (χ0) is 18.3. The average Bonchev–Trinajstić information content (AvgIpc) is 3.23. The number of benzene rings is 1. The number of thioether (sulfide) groups is 1. The third-order valence-electron chi connectivity index (χ3n) is 5.27. The molecule has 0 bridgehead atoms. The zero-order valence-corrected chi connectivity index (χ0v) is 16.6. The Hall–Kier alpha value is -1.15. The molecule has 0 saturated carbocycles. The molecule has 0 aliphatic carbocycles. The van der Waals surface area contributed by atoms with Crippen molar-refractivity contribution in [1.29, 1.82) is 0 Å². The van der Waals surface area contributed by atoms with E-state index in [1.807, 2.05) is 38.1 Å². The highest BCUT2D eigenvalue weighted by Gasteiger charge is 2.40. The Morgan fingerprint density at radius 2 is 1.81 bits per heavy atom. The fourth-order valence-corrected chi connectivity index (χ4v) is 7.51. The van der Waals surface area contributed by atoms with Crippen molar-refractivity contribution in [2.24, 2.45) is 0 Å². The van der Waals surface area contributed by atoms with Crippen LogP contribution in [0, 0.1) is 0 Å². The van der Waals surface area contributed by atoms with Crippen molar-refractivity contribution >= 4 is 32.5 Å². The molecule has 0 spiro atoms. The molecule has 0 N–H and O–H groups in total. The van der Waals surface area contributed by atoms with Crippen molar-refractivity contribution in [2.75, 3.05) is 13.2 Å². The number of hydrogen-bond donors (Lipinski definition) is 0. The molecule has 0 amide bonds. The van der Waals surface area contributed by atoms with Crippen molar-refractivity contribution in [2.45, 2.75) is 59.2 Å². The van der Waals surface area contributed by atoms with E-state index >= 15 is 0 Å². The largest absolute Gasteiger partial charge is 0.377 e. The number of nitrogens with zero attached hydrogens (tertiary/aromatic N) is 1. The van der Waals surface area contributed by atoms with Gasteiger partial charge in [0.05, 0.1) is 27.9 Å². The third kappa shape index (κ3) is 3.15. The Kier molecular flexibility index (Phi) is 4.98. The quantitative estimate of drug-likeness (QED) is 0.793. The van der Waals surface area contributed by atoms with Crippen LogP contribution in [0.15, 0.2) is 40.3 Å². The summed E-state index contributed by atoms with van der Waals surface area (Å²) >= 11 is 1.58. The topological polar surface area (TPSA) is 65.5 Å². The van der Waals surface area contributed by atoms with E-state index in [9.17, 15) is 8.42 Å². The number of ether oxygens (including phenoxy) is 2. The summed E-state index contributed by atoms with van der Waals surface area (Å²) in [7, 11) is -3.53. The minimum Gasteiger partial charge on any atom is -0.377 e. The van der Waals surface area contributed by atoms with Gasteiger partial charge in [0.15, 0.2) is 9.84 Å². The van der Waals surface area contributed by atoms with Crippen molar-refractivity contribution < 1.29 is 17.9 Å². The molecule has 2 saturated heterocycles. The van der Waals surface area contributed by atoms with Gasteiger partial charge in [-0.05, 0) is 32.8 Å². The molecule has 1 aromatic heterocycles. The first-order valence-corrected chi connectivity index (χ1v) is 11.4. The van der Waals surface area contributed by atoms with E-state index in [4.69, 9.17) is 9.47 Å². The van der Waals surface area contributed by atoms with E-state index in [0.29, 0.717) is 28.8 Å². The fraction of sp³-hybridized carbons (Fsp3) is 0.526. The van der Waals surface area contributed by atoms with Crippen LogP contribution in [0.4, 0.5) is 0 Å². The number of hydrogen-bond acceptors (Lipinski definition) is 6. The van der Waals surface area contributed by atoms with Crippen LogP contribution >= 0.6 is 11.8 Å². The normalized spacial score (nSPS) is 29.5. The lowest BCUT2D eigenvalue weighted by Crippen LogP contribution is -2.29. The molecule has 2 aliphatic rings. The highest BCUT2D eigenvalue weighted by molar-refractivity contribution is 8.01. The summed E-state index contributed by atoms with van der Waals surface area (Å²) < 4.78 is 38.4. The lowest BCUT2D eigenvalue weighted by molar-refractivity contribution is 0.126. The standard InChI is InChI=1S/C19H23NO4S2/c1-12-16(7-9-23-12)25-17-11-20-15-6-4-3-5-14(15)19(17)26(21,22)18-8-10-24-13(18)2/h3-6,11-13,16,18H,7-10H2,1-2H3. The monoisotopic (exact) mass is 393 g/mol. The summed E-state index contributed by atoms with van der Waals surface area (Å²) in [6.07, 6.45) is 2.98. The Balaban J connectivity index is 1.86. The van der Waals surface area contributed by atoms with Gasteiger partial charge in [0.1, 0.15) is 0 Å². The van der Waals surface area contributed by atoms with Crippen molar-refractivity contribution in [1.82, 2.24) is 4.98 Å². The summed E-state index contributed by atoms with van der Waals surface area (Å²) in [4.78, 5) is 5.65. The van der Waals surface area contributed by atoms with Crippen LogP contribution in [-0.2, 0) is 19.3 Å². The number of sulfone groups is 1. The van der Waals surface area contributed by atoms with Gasteiger partial charge >= 0.3 is 0 Å². The lowest BCUT2D eigenvalue weighted by Gasteiger charge is -2.21. The number of fused-ring (bicyclic) bond motifs is 1. The molecule has 1 aromatic carbocycles. The van der Waals surface area contributed by atoms with Gasteiger partial charge in [-0.2, -0.15) is 0 Å². The van der Waals surface area contributed by atoms with Crippen LogP contribution in [0.2, 0.25) is 0 Å². The van der Waals surface area contributed by atoms with E-state index in [0.717, 1.165) is 17.9 Å². The molecule has 140 valence electrons. The summed E-state index contributed by atoms with van der Waals surface area (Å²) in [6, 6.07) is 7.47. The fourth-order valence-electron chi connectivity index (χ4n) is 3.78. The molecular formula is C19H23NO4S2. The van der Waals surface area contributed by atoms with Gasteiger partial charge in [-0.25, -0.2) is 8.42 Å². The summed E-state index contributed by atoms with van der Waals surface area (Å²) in [5.41, 5.74) is 0.706. The molecular weight excluding hydrogens is 370 g/mol. The predicted octanol–water partition coefficient (Wildman–Crippen LogP) is 3.46. The second-order valence-electron chi connectivity index (χ2n) is 6.94. The van der Waals surface area contributed by atoms with E-state index < -0.39 is 15.1 Å². The first-order valence-electron chi connectivity index (χ1n) is 9.00. The lowest BCUT2D eigenvalue weighted by atomic mass is 10.2. The van der Waals surface area contributed by atoms with E-state index in [1.165, 1.54) is 0 Å². The molecule has 2 fully saturated rings. The van der Waals surface area contributed by atoms with E-state index in [-0.39, 0.29) is 17.5 Å². The number of aromatic nitrogens is 1. The maximum atomic E-state index is 13.6. The zero-order valence-electron chi connectivity index (χ0n) is 14.9. The van der Waals surface area contributed by atoms with Crippen molar-refractivity contribution in [3.63, 3.8) is 0 Å². The predicted molar refractivity (Wildman–Crippen MR) is 102 cm³/mol. The molecule has 2 aliphatic heterocycles. The SMILES string of the molecule is CC1OCCC1Sc1cnc2ccccc2c1S(=O)(=O)C1CCOC1C.